The summed E-state index contributed by atoms with van der Waals surface area (Å²) < 4.78 is 9.87. The summed E-state index contributed by atoms with van der Waals surface area (Å²) in [5.41, 5.74) is 6.67. The molecule has 0 radical (unpaired) electrons. The molecule has 1 aromatic carbocycles. The van der Waals surface area contributed by atoms with E-state index in [1.54, 1.807) is 0 Å². The monoisotopic (exact) mass is 310 g/mol. The van der Waals surface area contributed by atoms with Crippen molar-refractivity contribution in [1.82, 2.24) is 5.32 Å². The van der Waals surface area contributed by atoms with Crippen LogP contribution in [0.15, 0.2) is 30.3 Å². The van der Waals surface area contributed by atoms with Crippen molar-refractivity contribution < 1.29 is 24.2 Å². The van der Waals surface area contributed by atoms with Gasteiger partial charge in [-0.3, -0.25) is 4.79 Å². The first-order chi connectivity index (χ1) is 10.5. The number of amides is 1. The zero-order valence-electron chi connectivity index (χ0n) is 12.7. The predicted octanol–water partition coefficient (Wildman–Crippen LogP) is -0.431. The first-order valence-corrected chi connectivity index (χ1v) is 6.89. The molecule has 0 spiro atoms. The summed E-state index contributed by atoms with van der Waals surface area (Å²) in [6.45, 7) is 1.70. The van der Waals surface area contributed by atoms with E-state index in [1.807, 2.05) is 30.3 Å². The lowest BCUT2D eigenvalue weighted by Crippen LogP contribution is -2.54. The maximum absolute atomic E-state index is 11.9. The first-order valence-electron chi connectivity index (χ1n) is 6.89. The molecule has 0 aliphatic rings. The van der Waals surface area contributed by atoms with Gasteiger partial charge in [0.1, 0.15) is 6.04 Å². The quantitative estimate of drug-likeness (QED) is 0.562. The Morgan fingerprint density at radius 3 is 2.50 bits per heavy atom. The molecule has 0 heterocycles. The molecular formula is C15H22N2O5. The molecule has 7 heteroatoms. The van der Waals surface area contributed by atoms with Gasteiger partial charge in [-0.05, 0) is 12.5 Å². The highest BCUT2D eigenvalue weighted by Crippen LogP contribution is 2.01. The van der Waals surface area contributed by atoms with Gasteiger partial charge in [-0.25, -0.2) is 4.79 Å². The molecule has 122 valence electrons. The molecule has 1 amide bonds. The van der Waals surface area contributed by atoms with Gasteiger partial charge in [-0.15, -0.1) is 0 Å². The smallest absolute Gasteiger partial charge is 0.331 e. The average molecular weight is 310 g/mol. The van der Waals surface area contributed by atoms with Gasteiger partial charge in [0.2, 0.25) is 5.91 Å². The van der Waals surface area contributed by atoms with E-state index in [-0.39, 0.29) is 6.61 Å². The van der Waals surface area contributed by atoms with Crippen LogP contribution in [0.2, 0.25) is 0 Å². The molecule has 22 heavy (non-hydrogen) atoms. The summed E-state index contributed by atoms with van der Waals surface area (Å²) in [6.07, 6.45) is -1.09. The number of ether oxygens (including phenoxy) is 2. The summed E-state index contributed by atoms with van der Waals surface area (Å²) >= 11 is 0. The highest BCUT2D eigenvalue weighted by molar-refractivity contribution is 5.87. The van der Waals surface area contributed by atoms with Crippen molar-refractivity contribution in [3.8, 4) is 0 Å². The van der Waals surface area contributed by atoms with Gasteiger partial charge in [-0.1, -0.05) is 30.3 Å². The number of carbonyl (C=O) groups is 2. The third-order valence-electron chi connectivity index (χ3n) is 2.98. The van der Waals surface area contributed by atoms with Crippen molar-refractivity contribution in [2.45, 2.75) is 31.7 Å². The number of methoxy groups -OCH3 is 1. The number of aliphatic hydroxyl groups is 1. The Morgan fingerprint density at radius 2 is 1.95 bits per heavy atom. The lowest BCUT2D eigenvalue weighted by atomic mass is 10.1. The minimum Gasteiger partial charge on any atom is -0.467 e. The van der Waals surface area contributed by atoms with Crippen LogP contribution in [0.3, 0.4) is 0 Å². The maximum Gasteiger partial charge on any atom is 0.331 e. The zero-order valence-corrected chi connectivity index (χ0v) is 12.7. The van der Waals surface area contributed by atoms with Crippen LogP contribution in [0.4, 0.5) is 0 Å². The molecule has 0 saturated carbocycles. The Kier molecular flexibility index (Phi) is 7.51. The number of benzene rings is 1. The van der Waals surface area contributed by atoms with Crippen LogP contribution in [0.25, 0.3) is 0 Å². The number of hydrogen-bond donors (Lipinski definition) is 3. The largest absolute Gasteiger partial charge is 0.467 e. The van der Waals surface area contributed by atoms with Gasteiger partial charge in [-0.2, -0.15) is 0 Å². The molecule has 0 aliphatic carbocycles. The second-order valence-corrected chi connectivity index (χ2v) is 4.86. The van der Waals surface area contributed by atoms with Gasteiger partial charge in [0.05, 0.1) is 26.4 Å². The lowest BCUT2D eigenvalue weighted by molar-refractivity contribution is -0.148. The van der Waals surface area contributed by atoms with Gasteiger partial charge in [0.25, 0.3) is 0 Å². The number of nitrogens with two attached hydrogens (primary N) is 1. The molecular weight excluding hydrogens is 288 g/mol. The molecule has 3 atom stereocenters. The fraction of sp³-hybridized carbons (Fsp3) is 0.467. The fourth-order valence-corrected chi connectivity index (χ4v) is 1.72. The van der Waals surface area contributed by atoms with Crippen molar-refractivity contribution in [1.29, 1.82) is 0 Å². The molecule has 0 fully saturated rings. The minimum absolute atomic E-state index is 0.00553. The van der Waals surface area contributed by atoms with E-state index in [1.165, 1.54) is 14.0 Å². The standard InChI is InChI=1S/C15H22N2O5/c1-10(18)13(15(20)21-2)17-14(19)12(16)9-22-8-11-6-4-3-5-7-11/h3-7,10,12-13,18H,8-9,16H2,1-2H3,(H,17,19)/t10-,12+,13-/m0/s1. The van der Waals surface area contributed by atoms with Gasteiger partial charge >= 0.3 is 5.97 Å². The molecule has 7 nitrogen and oxygen atoms in total. The van der Waals surface area contributed by atoms with Crippen LogP contribution in [-0.2, 0) is 25.7 Å². The number of rotatable bonds is 8. The topological polar surface area (TPSA) is 111 Å². The van der Waals surface area contributed by atoms with Gasteiger partial charge < -0.3 is 25.6 Å². The predicted molar refractivity (Wildman–Crippen MR) is 79.7 cm³/mol. The number of hydrogen-bond acceptors (Lipinski definition) is 6. The SMILES string of the molecule is COC(=O)[C@@H](NC(=O)[C@H](N)COCc1ccccc1)[C@H](C)O. The summed E-state index contributed by atoms with van der Waals surface area (Å²) in [5, 5.41) is 11.8. The van der Waals surface area contributed by atoms with Crippen LogP contribution in [0, 0.1) is 0 Å². The Bertz CT molecular complexity index is 478. The van der Waals surface area contributed by atoms with Gasteiger partial charge in [0, 0.05) is 0 Å². The van der Waals surface area contributed by atoms with Crippen LogP contribution in [-0.4, -0.2) is 48.9 Å². The van der Waals surface area contributed by atoms with Crippen LogP contribution >= 0.6 is 0 Å². The fourth-order valence-electron chi connectivity index (χ4n) is 1.72. The van der Waals surface area contributed by atoms with Crippen molar-refractivity contribution in [2.24, 2.45) is 5.73 Å². The molecule has 0 aromatic heterocycles. The van der Waals surface area contributed by atoms with Gasteiger partial charge in [0.15, 0.2) is 6.04 Å². The van der Waals surface area contributed by atoms with E-state index in [4.69, 9.17) is 10.5 Å². The minimum atomic E-state index is -1.15. The molecule has 1 rings (SSSR count). The molecule has 0 aliphatic heterocycles. The van der Waals surface area contributed by atoms with E-state index in [2.05, 4.69) is 10.1 Å². The van der Waals surface area contributed by atoms with E-state index in [0.717, 1.165) is 5.56 Å². The Hall–Kier alpha value is -1.96. The third-order valence-corrected chi connectivity index (χ3v) is 2.98. The Morgan fingerprint density at radius 1 is 1.32 bits per heavy atom. The average Bonchev–Trinajstić information content (AvgIpc) is 2.52. The first kappa shape index (κ1) is 18.1. The van der Waals surface area contributed by atoms with Crippen molar-refractivity contribution in [2.75, 3.05) is 13.7 Å². The summed E-state index contributed by atoms with van der Waals surface area (Å²) in [7, 11) is 1.17. The van der Waals surface area contributed by atoms with Crippen LogP contribution < -0.4 is 11.1 Å². The number of esters is 1. The summed E-state index contributed by atoms with van der Waals surface area (Å²) in [5.74, 6) is -1.33. The van der Waals surface area contributed by atoms with E-state index in [9.17, 15) is 14.7 Å². The zero-order chi connectivity index (χ0) is 16.5. The molecule has 0 bridgehead atoms. The van der Waals surface area contributed by atoms with Crippen LogP contribution in [0.5, 0.6) is 0 Å². The molecule has 1 aromatic rings. The molecule has 4 N–H and O–H groups in total. The Balaban J connectivity index is 2.42. The molecule has 0 unspecified atom stereocenters. The third kappa shape index (κ3) is 5.80. The van der Waals surface area contributed by atoms with E-state index >= 15 is 0 Å². The second kappa shape index (κ2) is 9.14. The molecule has 0 saturated heterocycles. The highest BCUT2D eigenvalue weighted by atomic mass is 16.5. The normalized spacial score (nSPS) is 14.7. The van der Waals surface area contributed by atoms with E-state index < -0.39 is 30.1 Å². The summed E-state index contributed by atoms with van der Waals surface area (Å²) in [4.78, 5) is 23.3. The number of carbonyl (C=O) groups excluding carboxylic acids is 2. The van der Waals surface area contributed by atoms with Crippen LogP contribution in [0.1, 0.15) is 12.5 Å². The Labute approximate surface area is 129 Å². The van der Waals surface area contributed by atoms with E-state index in [0.29, 0.717) is 6.61 Å². The number of aliphatic hydroxyl groups excluding tert-OH is 1. The van der Waals surface area contributed by atoms with Crippen molar-refractivity contribution in [3.63, 3.8) is 0 Å². The highest BCUT2D eigenvalue weighted by Gasteiger charge is 2.28. The maximum atomic E-state index is 11.9. The lowest BCUT2D eigenvalue weighted by Gasteiger charge is -2.21. The van der Waals surface area contributed by atoms with Crippen molar-refractivity contribution in [3.05, 3.63) is 35.9 Å². The van der Waals surface area contributed by atoms with Crippen molar-refractivity contribution >= 4 is 11.9 Å². The second-order valence-electron chi connectivity index (χ2n) is 4.86. The summed E-state index contributed by atoms with van der Waals surface area (Å²) in [6, 6.07) is 7.35. The number of nitrogens with one attached hydrogen (secondary N) is 1.